The van der Waals surface area contributed by atoms with Gasteiger partial charge in [-0.1, -0.05) is 364 Å². The molecule has 2 heterocycles. The summed E-state index contributed by atoms with van der Waals surface area (Å²) in [7, 11) is 0. The van der Waals surface area contributed by atoms with Gasteiger partial charge in [0.2, 0.25) is 5.91 Å². The van der Waals surface area contributed by atoms with Gasteiger partial charge in [0.25, 0.3) is 0 Å². The van der Waals surface area contributed by atoms with Crippen LogP contribution in [0.4, 0.5) is 0 Å². The average Bonchev–Trinajstić information content (AvgIpc) is 0.793. The topological polar surface area (TPSA) is 228 Å². The van der Waals surface area contributed by atoms with E-state index in [-0.39, 0.29) is 18.9 Å². The van der Waals surface area contributed by atoms with Gasteiger partial charge >= 0.3 is 0 Å². The van der Waals surface area contributed by atoms with Crippen molar-refractivity contribution in [3.05, 3.63) is 60.8 Å². The molecule has 0 aromatic heterocycles. The molecule has 12 unspecified atom stereocenters. The monoisotopic (exact) mass is 1400 g/mol. The fraction of sp³-hybridized carbons (Fsp3) is 0.871. The Morgan fingerprint density at radius 2 is 0.677 bits per heavy atom. The smallest absolute Gasteiger partial charge is 0.220 e. The lowest BCUT2D eigenvalue weighted by Gasteiger charge is -2.46. The van der Waals surface area contributed by atoms with E-state index in [1.54, 1.807) is 6.08 Å². The van der Waals surface area contributed by atoms with Crippen LogP contribution in [0.1, 0.15) is 380 Å². The molecule has 0 bridgehead atoms. The van der Waals surface area contributed by atoms with Gasteiger partial charge in [0.05, 0.1) is 32.0 Å². The number of nitrogens with one attached hydrogen (secondary N) is 1. The third kappa shape index (κ3) is 51.5. The highest BCUT2D eigenvalue weighted by molar-refractivity contribution is 5.76. The molecule has 2 fully saturated rings. The maximum absolute atomic E-state index is 13.4. The molecule has 0 aromatic carbocycles. The lowest BCUT2D eigenvalue weighted by molar-refractivity contribution is -0.359. The van der Waals surface area contributed by atoms with Crippen molar-refractivity contribution in [1.29, 1.82) is 0 Å². The van der Waals surface area contributed by atoms with Gasteiger partial charge in [-0.25, -0.2) is 0 Å². The third-order valence-electron chi connectivity index (χ3n) is 20.4. The number of carbonyl (C=O) groups excluding carboxylic acids is 1. The van der Waals surface area contributed by atoms with Crippen LogP contribution in [0, 0.1) is 0 Å². The van der Waals surface area contributed by atoms with Crippen LogP contribution in [0.3, 0.4) is 0 Å². The van der Waals surface area contributed by atoms with E-state index in [2.05, 4.69) is 67.8 Å². The van der Waals surface area contributed by atoms with E-state index in [4.69, 9.17) is 18.9 Å². The summed E-state index contributed by atoms with van der Waals surface area (Å²) in [6, 6.07) is -0.934. The Kier molecular flexibility index (Phi) is 64.5. The summed E-state index contributed by atoms with van der Waals surface area (Å²) in [5.41, 5.74) is 0. The van der Waals surface area contributed by atoms with Crippen LogP contribution in [0.2, 0.25) is 0 Å². The summed E-state index contributed by atoms with van der Waals surface area (Å²) in [5.74, 6) is -0.242. The van der Waals surface area contributed by atoms with Crippen molar-refractivity contribution in [3.63, 3.8) is 0 Å². The third-order valence-corrected chi connectivity index (χ3v) is 20.4. The molecular weight excluding hydrogens is 1240 g/mol. The summed E-state index contributed by atoms with van der Waals surface area (Å²) >= 11 is 0. The van der Waals surface area contributed by atoms with Gasteiger partial charge in [0.1, 0.15) is 48.8 Å². The van der Waals surface area contributed by atoms with Crippen LogP contribution in [0.5, 0.6) is 0 Å². The molecule has 0 spiro atoms. The maximum Gasteiger partial charge on any atom is 0.220 e. The number of aliphatic hydroxyl groups excluding tert-OH is 8. The summed E-state index contributed by atoms with van der Waals surface area (Å²) in [4.78, 5) is 13.4. The van der Waals surface area contributed by atoms with E-state index < -0.39 is 86.8 Å². The Morgan fingerprint density at radius 1 is 0.364 bits per heavy atom. The van der Waals surface area contributed by atoms with E-state index in [1.165, 1.54) is 302 Å². The predicted octanol–water partition coefficient (Wildman–Crippen LogP) is 19.5. The molecule has 14 heteroatoms. The molecule has 1 amide bonds. The Morgan fingerprint density at radius 3 is 1.06 bits per heavy atom. The maximum atomic E-state index is 13.4. The molecule has 2 rings (SSSR count). The molecule has 0 saturated carbocycles. The van der Waals surface area contributed by atoms with Gasteiger partial charge in [0, 0.05) is 6.42 Å². The van der Waals surface area contributed by atoms with E-state index >= 15 is 0 Å². The Hall–Kier alpha value is -2.31. The molecule has 2 saturated heterocycles. The number of carbonyl (C=O) groups is 1. The van der Waals surface area contributed by atoms with E-state index in [9.17, 15) is 45.6 Å². The lowest BCUT2D eigenvalue weighted by Crippen LogP contribution is -2.65. The Labute approximate surface area is 606 Å². The van der Waals surface area contributed by atoms with Gasteiger partial charge < -0.3 is 65.1 Å². The molecule has 9 N–H and O–H groups in total. The van der Waals surface area contributed by atoms with Crippen LogP contribution < -0.4 is 5.32 Å². The number of rotatable bonds is 71. The highest BCUT2D eigenvalue weighted by Crippen LogP contribution is 2.30. The number of aliphatic hydroxyl groups is 8. The first-order valence-electron chi connectivity index (χ1n) is 42.0. The molecule has 0 aliphatic carbocycles. The van der Waals surface area contributed by atoms with Crippen molar-refractivity contribution in [3.8, 4) is 0 Å². The zero-order valence-corrected chi connectivity index (χ0v) is 63.7. The Balaban J connectivity index is 1.60. The summed E-state index contributed by atoms with van der Waals surface area (Å²) in [6.45, 7) is 2.83. The number of hydrogen-bond acceptors (Lipinski definition) is 13. The average molecular weight is 1400 g/mol. The van der Waals surface area contributed by atoms with Crippen molar-refractivity contribution < 1.29 is 64.6 Å². The fourth-order valence-corrected chi connectivity index (χ4v) is 13.8. The number of unbranched alkanes of at least 4 members (excludes halogenated alkanes) is 50. The van der Waals surface area contributed by atoms with Gasteiger partial charge in [-0.3, -0.25) is 4.79 Å². The SMILES string of the molecule is CCCCCCC/C=C\C/C=C\C/C=C\CCCCCCCCCCCCCCCCCCCCCCCCC(=O)NC(COC1OC(CO)C(OC2OC(CO)C(O)C(O)C2O)C(O)C1O)C(O)/C=C/CC/C=C/CCCCCCCCCCCCCCCCCCCCCCCC. The highest BCUT2D eigenvalue weighted by Gasteiger charge is 2.51. The first kappa shape index (κ1) is 92.8. The van der Waals surface area contributed by atoms with E-state index in [0.717, 1.165) is 44.9 Å². The van der Waals surface area contributed by atoms with Gasteiger partial charge in [-0.15, -0.1) is 0 Å². The van der Waals surface area contributed by atoms with Crippen LogP contribution in [-0.2, 0) is 23.7 Å². The number of allylic oxidation sites excluding steroid dienone is 9. The molecule has 2 aliphatic rings. The second-order valence-corrected chi connectivity index (χ2v) is 29.6. The first-order chi connectivity index (χ1) is 48.6. The largest absolute Gasteiger partial charge is 0.394 e. The van der Waals surface area contributed by atoms with E-state index in [1.807, 2.05) is 6.08 Å². The van der Waals surface area contributed by atoms with Crippen molar-refractivity contribution >= 4 is 5.91 Å². The minimum absolute atomic E-state index is 0.242. The predicted molar refractivity (Wildman–Crippen MR) is 411 cm³/mol. The minimum atomic E-state index is -1.79. The molecule has 0 aromatic rings. The zero-order chi connectivity index (χ0) is 71.5. The quantitative estimate of drug-likeness (QED) is 0.0204. The van der Waals surface area contributed by atoms with Gasteiger partial charge in [-0.2, -0.15) is 0 Å². The molecule has 580 valence electrons. The standard InChI is InChI=1S/C85H157NO13/c1-3-5-7-9-11-13-15-17-19-21-23-25-27-29-31-33-34-35-36-37-38-39-40-41-43-45-47-49-51-53-55-57-59-61-63-65-67-69-77(90)86-73(72-96-84-82(95)80(93)83(76(71-88)98-84)99-85-81(94)79(92)78(91)75(70-87)97-85)74(89)68-66-64-62-60-58-56-54-52-50-48-46-44-42-32-30-28-26-24-22-20-18-16-14-12-10-8-6-4-2/h15,17,21,23,27,29,58,60,66,68,73-76,78-85,87-89,91-95H,3-14,16,18-20,22,24-26,28,30-57,59,61-65,67,69-72H2,1-2H3,(H,86,90)/b17-15-,23-21-,29-27-,60-58+,68-66+. The van der Waals surface area contributed by atoms with Crippen molar-refractivity contribution in [2.45, 2.75) is 453 Å². The van der Waals surface area contributed by atoms with Gasteiger partial charge in [0.15, 0.2) is 12.6 Å². The number of amides is 1. The highest BCUT2D eigenvalue weighted by atomic mass is 16.7. The number of hydrogen-bond donors (Lipinski definition) is 9. The molecule has 14 nitrogen and oxygen atoms in total. The van der Waals surface area contributed by atoms with Crippen molar-refractivity contribution in [1.82, 2.24) is 5.32 Å². The first-order valence-corrected chi connectivity index (χ1v) is 42.0. The van der Waals surface area contributed by atoms with Crippen molar-refractivity contribution in [2.24, 2.45) is 0 Å². The zero-order valence-electron chi connectivity index (χ0n) is 63.7. The van der Waals surface area contributed by atoms with E-state index in [0.29, 0.717) is 12.8 Å². The molecule has 0 radical (unpaired) electrons. The lowest BCUT2D eigenvalue weighted by atomic mass is 9.97. The summed E-state index contributed by atoms with van der Waals surface area (Å²) in [5, 5.41) is 87.7. The normalized spacial score (nSPS) is 22.2. The summed E-state index contributed by atoms with van der Waals surface area (Å²) < 4.78 is 22.9. The summed E-state index contributed by atoms with van der Waals surface area (Å²) in [6.07, 6.45) is 77.5. The van der Waals surface area contributed by atoms with Gasteiger partial charge in [-0.05, 0) is 70.6 Å². The molecule has 99 heavy (non-hydrogen) atoms. The molecule has 2 aliphatic heterocycles. The molecule has 12 atom stereocenters. The minimum Gasteiger partial charge on any atom is -0.394 e. The van der Waals surface area contributed by atoms with Crippen LogP contribution in [-0.4, -0.2) is 140 Å². The molecular formula is C85H157NO13. The van der Waals surface area contributed by atoms with Crippen molar-refractivity contribution in [2.75, 3.05) is 19.8 Å². The van der Waals surface area contributed by atoms with Crippen LogP contribution in [0.15, 0.2) is 60.8 Å². The fourth-order valence-electron chi connectivity index (χ4n) is 13.8. The Bertz CT molecular complexity index is 1900. The second kappa shape index (κ2) is 68.8. The number of ether oxygens (including phenoxy) is 4. The van der Waals surface area contributed by atoms with Crippen LogP contribution in [0.25, 0.3) is 0 Å². The second-order valence-electron chi connectivity index (χ2n) is 29.6. The van der Waals surface area contributed by atoms with Crippen LogP contribution >= 0.6 is 0 Å².